The van der Waals surface area contributed by atoms with Gasteiger partial charge < -0.3 is 10.1 Å². The highest BCUT2D eigenvalue weighted by atomic mass is 19.4. The molecule has 10 heteroatoms. The number of amides is 1. The van der Waals surface area contributed by atoms with Gasteiger partial charge >= 0.3 is 12.1 Å². The topological polar surface area (TPSA) is 98.5 Å². The van der Waals surface area contributed by atoms with Crippen molar-refractivity contribution in [1.82, 2.24) is 0 Å². The lowest BCUT2D eigenvalue weighted by molar-refractivity contribution is -0.384. The molecule has 0 unspecified atom stereocenters. The molecule has 0 aromatic heterocycles. The fourth-order valence-electron chi connectivity index (χ4n) is 2.26. The first kappa shape index (κ1) is 19.9. The lowest BCUT2D eigenvalue weighted by Crippen LogP contribution is -2.23. The van der Waals surface area contributed by atoms with Crippen molar-refractivity contribution < 1.29 is 32.4 Å². The predicted octanol–water partition coefficient (Wildman–Crippen LogP) is 3.72. The van der Waals surface area contributed by atoms with Crippen LogP contribution in [0, 0.1) is 17.0 Å². The molecule has 0 aliphatic carbocycles. The number of halogens is 3. The Balaban J connectivity index is 2.10. The number of hydrogen-bond donors (Lipinski definition) is 1. The fourth-order valence-corrected chi connectivity index (χ4v) is 2.26. The van der Waals surface area contributed by atoms with Gasteiger partial charge in [-0.2, -0.15) is 13.2 Å². The Morgan fingerprint density at radius 2 is 1.81 bits per heavy atom. The minimum atomic E-state index is -4.76. The highest BCUT2D eigenvalue weighted by molar-refractivity contribution is 5.97. The third-order valence-corrected chi connectivity index (χ3v) is 3.50. The van der Waals surface area contributed by atoms with Crippen molar-refractivity contribution in [3.63, 3.8) is 0 Å². The number of para-hydroxylation sites is 1. The Hall–Kier alpha value is -3.43. The van der Waals surface area contributed by atoms with Gasteiger partial charge in [0.15, 0.2) is 6.61 Å². The van der Waals surface area contributed by atoms with Gasteiger partial charge in [0.1, 0.15) is 5.69 Å². The molecule has 27 heavy (non-hydrogen) atoms. The van der Waals surface area contributed by atoms with Crippen LogP contribution in [0.15, 0.2) is 42.5 Å². The van der Waals surface area contributed by atoms with Crippen molar-refractivity contribution >= 4 is 23.3 Å². The molecule has 2 aromatic rings. The van der Waals surface area contributed by atoms with E-state index >= 15 is 0 Å². The van der Waals surface area contributed by atoms with Gasteiger partial charge in [-0.25, -0.2) is 4.79 Å². The molecule has 2 rings (SSSR count). The first-order valence-corrected chi connectivity index (χ1v) is 7.48. The number of nitro benzene ring substituents is 1. The third kappa shape index (κ3) is 4.81. The summed E-state index contributed by atoms with van der Waals surface area (Å²) in [5.74, 6) is -2.26. The SMILES string of the molecule is Cc1cccc([N+](=O)[O-])c1NC(=O)COC(=O)c1ccccc1C(F)(F)F. The minimum Gasteiger partial charge on any atom is -0.452 e. The molecule has 0 bridgehead atoms. The first-order chi connectivity index (χ1) is 12.6. The molecule has 2 aromatic carbocycles. The lowest BCUT2D eigenvalue weighted by Gasteiger charge is -2.12. The number of hydrogen-bond acceptors (Lipinski definition) is 5. The van der Waals surface area contributed by atoms with Gasteiger partial charge in [0.05, 0.1) is 16.1 Å². The van der Waals surface area contributed by atoms with Gasteiger partial charge in [-0.3, -0.25) is 14.9 Å². The van der Waals surface area contributed by atoms with E-state index in [1.165, 1.54) is 31.2 Å². The molecular formula is C17H13F3N2O5. The summed E-state index contributed by atoms with van der Waals surface area (Å²) in [6.07, 6.45) is -4.76. The first-order valence-electron chi connectivity index (χ1n) is 7.48. The number of anilines is 1. The summed E-state index contributed by atoms with van der Waals surface area (Å²) < 4.78 is 43.3. The number of ether oxygens (including phenoxy) is 1. The smallest absolute Gasteiger partial charge is 0.417 e. The molecular weight excluding hydrogens is 369 g/mol. The van der Waals surface area contributed by atoms with Gasteiger partial charge in [0, 0.05) is 6.07 Å². The van der Waals surface area contributed by atoms with E-state index in [4.69, 9.17) is 0 Å². The fraction of sp³-hybridized carbons (Fsp3) is 0.176. The van der Waals surface area contributed by atoms with Crippen LogP contribution in [0.25, 0.3) is 0 Å². The van der Waals surface area contributed by atoms with E-state index < -0.39 is 40.7 Å². The average molecular weight is 382 g/mol. The van der Waals surface area contributed by atoms with Crippen LogP contribution in [-0.2, 0) is 15.7 Å². The summed E-state index contributed by atoms with van der Waals surface area (Å²) in [7, 11) is 0. The van der Waals surface area contributed by atoms with E-state index in [1.54, 1.807) is 0 Å². The highest BCUT2D eigenvalue weighted by Gasteiger charge is 2.35. The quantitative estimate of drug-likeness (QED) is 0.483. The zero-order chi connectivity index (χ0) is 20.2. The van der Waals surface area contributed by atoms with Crippen LogP contribution in [0.4, 0.5) is 24.5 Å². The van der Waals surface area contributed by atoms with Gasteiger partial charge in [-0.1, -0.05) is 24.3 Å². The number of benzene rings is 2. The van der Waals surface area contributed by atoms with E-state index in [0.29, 0.717) is 11.6 Å². The molecule has 0 atom stereocenters. The number of nitrogens with zero attached hydrogens (tertiary/aromatic N) is 1. The van der Waals surface area contributed by atoms with Crippen molar-refractivity contribution in [1.29, 1.82) is 0 Å². The summed E-state index contributed by atoms with van der Waals surface area (Å²) in [6.45, 7) is 0.616. The van der Waals surface area contributed by atoms with E-state index in [0.717, 1.165) is 12.1 Å². The van der Waals surface area contributed by atoms with Crippen LogP contribution in [0.3, 0.4) is 0 Å². The van der Waals surface area contributed by atoms with Crippen LogP contribution in [-0.4, -0.2) is 23.4 Å². The third-order valence-electron chi connectivity index (χ3n) is 3.50. The highest BCUT2D eigenvalue weighted by Crippen LogP contribution is 2.32. The van der Waals surface area contributed by atoms with Crippen LogP contribution in [0.1, 0.15) is 21.5 Å². The van der Waals surface area contributed by atoms with Gasteiger partial charge in [0.25, 0.3) is 11.6 Å². The molecule has 0 radical (unpaired) electrons. The van der Waals surface area contributed by atoms with Crippen molar-refractivity contribution in [2.24, 2.45) is 0 Å². The van der Waals surface area contributed by atoms with Crippen molar-refractivity contribution in [3.8, 4) is 0 Å². The molecule has 7 nitrogen and oxygen atoms in total. The summed E-state index contributed by atoms with van der Waals surface area (Å²) in [5.41, 5.74) is -1.98. The Labute approximate surface area is 150 Å². The molecule has 0 aliphatic rings. The van der Waals surface area contributed by atoms with Crippen molar-refractivity contribution in [2.45, 2.75) is 13.1 Å². The normalized spacial score (nSPS) is 11.0. The molecule has 0 saturated carbocycles. The van der Waals surface area contributed by atoms with Gasteiger partial charge in [-0.15, -0.1) is 0 Å². The second kappa shape index (κ2) is 7.85. The maximum Gasteiger partial charge on any atom is 0.417 e. The number of rotatable bonds is 5. The summed E-state index contributed by atoms with van der Waals surface area (Å²) in [5, 5.41) is 13.2. The Bertz CT molecular complexity index is 896. The number of esters is 1. The zero-order valence-corrected chi connectivity index (χ0v) is 13.9. The van der Waals surface area contributed by atoms with Crippen LogP contribution < -0.4 is 5.32 Å². The maximum atomic E-state index is 12.9. The van der Waals surface area contributed by atoms with Gasteiger partial charge in [0.2, 0.25) is 0 Å². The second-order valence-corrected chi connectivity index (χ2v) is 5.39. The van der Waals surface area contributed by atoms with E-state index in [9.17, 15) is 32.9 Å². The van der Waals surface area contributed by atoms with Crippen LogP contribution in [0.2, 0.25) is 0 Å². The maximum absolute atomic E-state index is 12.9. The largest absolute Gasteiger partial charge is 0.452 e. The zero-order valence-electron chi connectivity index (χ0n) is 13.9. The van der Waals surface area contributed by atoms with E-state index in [-0.39, 0.29) is 11.4 Å². The number of nitro groups is 1. The van der Waals surface area contributed by atoms with E-state index in [2.05, 4.69) is 10.1 Å². The minimum absolute atomic E-state index is 0.0840. The number of alkyl halides is 3. The average Bonchev–Trinajstić information content (AvgIpc) is 2.60. The number of nitrogens with one attached hydrogen (secondary N) is 1. The van der Waals surface area contributed by atoms with E-state index in [1.807, 2.05) is 0 Å². The van der Waals surface area contributed by atoms with Gasteiger partial charge in [-0.05, 0) is 24.6 Å². The molecule has 1 amide bonds. The second-order valence-electron chi connectivity index (χ2n) is 5.39. The molecule has 142 valence electrons. The molecule has 0 spiro atoms. The van der Waals surface area contributed by atoms with Crippen LogP contribution in [0.5, 0.6) is 0 Å². The van der Waals surface area contributed by atoms with Crippen molar-refractivity contribution in [2.75, 3.05) is 11.9 Å². The van der Waals surface area contributed by atoms with Crippen LogP contribution >= 0.6 is 0 Å². The summed E-state index contributed by atoms with van der Waals surface area (Å²) in [4.78, 5) is 34.1. The lowest BCUT2D eigenvalue weighted by atomic mass is 10.1. The summed E-state index contributed by atoms with van der Waals surface area (Å²) >= 11 is 0. The molecule has 0 heterocycles. The summed E-state index contributed by atoms with van der Waals surface area (Å²) in [6, 6.07) is 8.11. The Kier molecular flexibility index (Phi) is 5.78. The Morgan fingerprint density at radius 3 is 2.44 bits per heavy atom. The van der Waals surface area contributed by atoms with Crippen molar-refractivity contribution in [3.05, 3.63) is 69.3 Å². The Morgan fingerprint density at radius 1 is 1.15 bits per heavy atom. The molecule has 0 saturated heterocycles. The molecule has 1 N–H and O–H groups in total. The standard InChI is InChI=1S/C17H13F3N2O5/c1-10-5-4-8-13(22(25)26)15(10)21-14(23)9-27-16(24)11-6-2-3-7-12(11)17(18,19)20/h2-8H,9H2,1H3,(H,21,23). The number of aryl methyl sites for hydroxylation is 1. The number of carbonyl (C=O) groups is 2. The molecule has 0 aliphatic heterocycles. The monoisotopic (exact) mass is 382 g/mol. The molecule has 0 fully saturated rings. The predicted molar refractivity (Wildman–Crippen MR) is 88.2 cm³/mol. The number of carbonyl (C=O) groups excluding carboxylic acids is 2.